The molecule has 0 aliphatic rings. The number of hydrogen-bond acceptors (Lipinski definition) is 2. The van der Waals surface area contributed by atoms with Gasteiger partial charge in [0, 0.05) is 4.47 Å². The molecule has 0 aliphatic carbocycles. The summed E-state index contributed by atoms with van der Waals surface area (Å²) in [7, 11) is 0. The largest absolute Gasteiger partial charge is 0.444 e. The Morgan fingerprint density at radius 3 is 2.87 bits per heavy atom. The van der Waals surface area contributed by atoms with Crippen molar-refractivity contribution in [2.75, 3.05) is 0 Å². The summed E-state index contributed by atoms with van der Waals surface area (Å²) in [5.41, 5.74) is 1.45. The van der Waals surface area contributed by atoms with Crippen LogP contribution < -0.4 is 0 Å². The van der Waals surface area contributed by atoms with Gasteiger partial charge in [0.1, 0.15) is 6.26 Å². The van der Waals surface area contributed by atoms with Gasteiger partial charge < -0.3 is 4.42 Å². The Morgan fingerprint density at radius 1 is 1.40 bits per heavy atom. The highest BCUT2D eigenvalue weighted by molar-refractivity contribution is 9.10. The molecule has 1 aromatic heterocycles. The molecule has 0 bridgehead atoms. The van der Waals surface area contributed by atoms with E-state index >= 15 is 0 Å². The monoisotopic (exact) mass is 305 g/mol. The summed E-state index contributed by atoms with van der Waals surface area (Å²) in [5, 5.41) is 0.584. The third-order valence-electron chi connectivity index (χ3n) is 1.87. The van der Waals surface area contributed by atoms with Crippen molar-refractivity contribution in [2.24, 2.45) is 0 Å². The maximum absolute atomic E-state index is 6.10. The molecule has 0 saturated heterocycles. The van der Waals surface area contributed by atoms with E-state index in [1.165, 1.54) is 6.26 Å². The summed E-state index contributed by atoms with van der Waals surface area (Å²) in [4.78, 5) is 4.20. The molecule has 0 atom stereocenters. The molecule has 1 aromatic carbocycles. The minimum atomic E-state index is 0.328. The average molecular weight is 307 g/mol. The predicted octanol–water partition coefficient (Wildman–Crippen LogP) is 4.50. The van der Waals surface area contributed by atoms with Gasteiger partial charge >= 0.3 is 0 Å². The SMILES string of the molecule is ClCc1coc(-c2cccc(Br)c2Cl)n1. The van der Waals surface area contributed by atoms with E-state index < -0.39 is 0 Å². The second-order valence-electron chi connectivity index (χ2n) is 2.88. The molecule has 5 heteroatoms. The molecular weight excluding hydrogens is 301 g/mol. The number of oxazole rings is 1. The summed E-state index contributed by atoms with van der Waals surface area (Å²) < 4.78 is 6.09. The van der Waals surface area contributed by atoms with Gasteiger partial charge in [-0.25, -0.2) is 4.98 Å². The van der Waals surface area contributed by atoms with E-state index in [-0.39, 0.29) is 0 Å². The van der Waals surface area contributed by atoms with Crippen molar-refractivity contribution in [3.05, 3.63) is 39.7 Å². The van der Waals surface area contributed by atoms with Crippen molar-refractivity contribution in [3.8, 4) is 11.5 Å². The van der Waals surface area contributed by atoms with Crippen molar-refractivity contribution >= 4 is 39.1 Å². The Balaban J connectivity index is 2.49. The van der Waals surface area contributed by atoms with E-state index in [9.17, 15) is 0 Å². The molecule has 2 rings (SSSR count). The van der Waals surface area contributed by atoms with Crippen LogP contribution in [0.25, 0.3) is 11.5 Å². The first-order valence-electron chi connectivity index (χ1n) is 4.17. The van der Waals surface area contributed by atoms with Gasteiger partial charge in [-0.2, -0.15) is 0 Å². The molecule has 0 unspecified atom stereocenters. The molecule has 0 saturated carbocycles. The first kappa shape index (κ1) is 11.0. The summed E-state index contributed by atoms with van der Waals surface area (Å²) in [6, 6.07) is 5.57. The highest BCUT2D eigenvalue weighted by Gasteiger charge is 2.11. The normalized spacial score (nSPS) is 10.6. The smallest absolute Gasteiger partial charge is 0.227 e. The van der Waals surface area contributed by atoms with Gasteiger partial charge in [-0.15, -0.1) is 11.6 Å². The summed E-state index contributed by atoms with van der Waals surface area (Å²) in [6.45, 7) is 0. The fourth-order valence-corrected chi connectivity index (χ4v) is 1.86. The molecule has 0 N–H and O–H groups in total. The van der Waals surface area contributed by atoms with Gasteiger partial charge in [-0.05, 0) is 28.1 Å². The van der Waals surface area contributed by atoms with E-state index in [0.29, 0.717) is 22.5 Å². The van der Waals surface area contributed by atoms with E-state index in [0.717, 1.165) is 10.0 Å². The number of rotatable bonds is 2. The number of aromatic nitrogens is 1. The van der Waals surface area contributed by atoms with Gasteiger partial charge in [-0.3, -0.25) is 0 Å². The van der Waals surface area contributed by atoms with Crippen LogP contribution in [0.15, 0.2) is 33.4 Å². The molecule has 15 heavy (non-hydrogen) atoms. The fourth-order valence-electron chi connectivity index (χ4n) is 1.16. The summed E-state index contributed by atoms with van der Waals surface area (Å²) >= 11 is 15.1. The second kappa shape index (κ2) is 4.56. The molecule has 0 radical (unpaired) electrons. The summed E-state index contributed by atoms with van der Waals surface area (Å²) in [6.07, 6.45) is 1.53. The van der Waals surface area contributed by atoms with Crippen molar-refractivity contribution in [3.63, 3.8) is 0 Å². The molecule has 1 heterocycles. The molecule has 0 amide bonds. The van der Waals surface area contributed by atoms with E-state index in [1.807, 2.05) is 18.2 Å². The van der Waals surface area contributed by atoms with Gasteiger partial charge in [0.15, 0.2) is 0 Å². The Hall–Kier alpha value is -0.510. The molecule has 2 aromatic rings. The Labute approximate surface area is 105 Å². The molecule has 0 spiro atoms. The van der Waals surface area contributed by atoms with Gasteiger partial charge in [-0.1, -0.05) is 17.7 Å². The number of alkyl halides is 1. The Morgan fingerprint density at radius 2 is 2.20 bits per heavy atom. The van der Waals surface area contributed by atoms with Crippen LogP contribution in [0.2, 0.25) is 5.02 Å². The minimum absolute atomic E-state index is 0.328. The standard InChI is InChI=1S/C10H6BrCl2NO/c11-8-3-1-2-7(9(8)13)10-14-6(4-12)5-15-10/h1-3,5H,4H2. The van der Waals surface area contributed by atoms with Crippen LogP contribution >= 0.6 is 39.1 Å². The first-order chi connectivity index (χ1) is 7.22. The molecule has 0 fully saturated rings. The number of benzene rings is 1. The Bertz CT molecular complexity index is 484. The zero-order valence-electron chi connectivity index (χ0n) is 7.51. The highest BCUT2D eigenvalue weighted by Crippen LogP contribution is 2.33. The van der Waals surface area contributed by atoms with Gasteiger partial charge in [0.05, 0.1) is 22.2 Å². The van der Waals surface area contributed by atoms with Crippen LogP contribution in [0, 0.1) is 0 Å². The van der Waals surface area contributed by atoms with Crippen LogP contribution in [0.3, 0.4) is 0 Å². The van der Waals surface area contributed by atoms with E-state index in [1.54, 1.807) is 0 Å². The average Bonchev–Trinajstić information content (AvgIpc) is 2.70. The number of nitrogens with zero attached hydrogens (tertiary/aromatic N) is 1. The maximum Gasteiger partial charge on any atom is 0.227 e. The third-order valence-corrected chi connectivity index (χ3v) is 3.44. The van der Waals surface area contributed by atoms with Crippen molar-refractivity contribution in [1.82, 2.24) is 4.98 Å². The lowest BCUT2D eigenvalue weighted by Gasteiger charge is -2.00. The van der Waals surface area contributed by atoms with E-state index in [4.69, 9.17) is 27.6 Å². The van der Waals surface area contributed by atoms with Crippen LogP contribution in [0.5, 0.6) is 0 Å². The van der Waals surface area contributed by atoms with Crippen molar-refractivity contribution in [1.29, 1.82) is 0 Å². The predicted molar refractivity (Wildman–Crippen MR) is 64.2 cm³/mol. The number of halogens is 3. The fraction of sp³-hybridized carbons (Fsp3) is 0.100. The van der Waals surface area contributed by atoms with Crippen LogP contribution in [-0.4, -0.2) is 4.98 Å². The molecule has 2 nitrogen and oxygen atoms in total. The topological polar surface area (TPSA) is 26.0 Å². The minimum Gasteiger partial charge on any atom is -0.444 e. The quantitative estimate of drug-likeness (QED) is 0.764. The number of hydrogen-bond donors (Lipinski definition) is 0. The lowest BCUT2D eigenvalue weighted by atomic mass is 10.2. The summed E-state index contributed by atoms with van der Waals surface area (Å²) in [5.74, 6) is 0.812. The lowest BCUT2D eigenvalue weighted by molar-refractivity contribution is 0.573. The van der Waals surface area contributed by atoms with Crippen molar-refractivity contribution < 1.29 is 4.42 Å². The van der Waals surface area contributed by atoms with Crippen molar-refractivity contribution in [2.45, 2.75) is 5.88 Å². The molecule has 0 aliphatic heterocycles. The highest BCUT2D eigenvalue weighted by atomic mass is 79.9. The van der Waals surface area contributed by atoms with Gasteiger partial charge in [0.25, 0.3) is 0 Å². The third kappa shape index (κ3) is 2.19. The van der Waals surface area contributed by atoms with Gasteiger partial charge in [0.2, 0.25) is 5.89 Å². The first-order valence-corrected chi connectivity index (χ1v) is 5.87. The maximum atomic E-state index is 6.10. The lowest BCUT2D eigenvalue weighted by Crippen LogP contribution is -1.82. The van der Waals surface area contributed by atoms with E-state index in [2.05, 4.69) is 20.9 Å². The second-order valence-corrected chi connectivity index (χ2v) is 4.38. The van der Waals surface area contributed by atoms with Crippen LogP contribution in [0.1, 0.15) is 5.69 Å². The Kier molecular flexibility index (Phi) is 3.34. The van der Waals surface area contributed by atoms with Crippen LogP contribution in [0.4, 0.5) is 0 Å². The zero-order valence-corrected chi connectivity index (χ0v) is 10.6. The van der Waals surface area contributed by atoms with Crippen LogP contribution in [-0.2, 0) is 5.88 Å². The molecule has 78 valence electrons. The molecular formula is C10H6BrCl2NO. The zero-order chi connectivity index (χ0) is 10.8.